The van der Waals surface area contributed by atoms with Gasteiger partial charge < -0.3 is 10.0 Å². The number of aliphatic hydroxyl groups excluding tert-OH is 1. The molecule has 1 N–H and O–H groups in total. The molecule has 0 aromatic rings. The Morgan fingerprint density at radius 1 is 1.11 bits per heavy atom. The van der Waals surface area contributed by atoms with Gasteiger partial charge in [-0.2, -0.15) is 0 Å². The summed E-state index contributed by atoms with van der Waals surface area (Å²) in [4.78, 5) is 2.62. The van der Waals surface area contributed by atoms with Crippen LogP contribution in [-0.2, 0) is 0 Å². The van der Waals surface area contributed by atoms with E-state index in [1.165, 1.54) is 45.1 Å². The van der Waals surface area contributed by atoms with Crippen LogP contribution in [0.4, 0.5) is 0 Å². The second-order valence-electron chi connectivity index (χ2n) is 8.51. The number of hydrogen-bond acceptors (Lipinski definition) is 2. The SMILES string of the molecule is CC12CC3CC(C1)CC(CN1CC(CO)C1)(C3)C2. The van der Waals surface area contributed by atoms with Crippen molar-refractivity contribution in [2.24, 2.45) is 28.6 Å². The fourth-order valence-corrected chi connectivity index (χ4v) is 6.51. The Hall–Kier alpha value is -0.0800. The van der Waals surface area contributed by atoms with Crippen LogP contribution in [0.5, 0.6) is 0 Å². The number of likely N-dealkylation sites (tertiary alicyclic amines) is 1. The highest BCUT2D eigenvalue weighted by Crippen LogP contribution is 2.65. The Labute approximate surface area is 111 Å². The van der Waals surface area contributed by atoms with Gasteiger partial charge in [-0.25, -0.2) is 0 Å². The lowest BCUT2D eigenvalue weighted by Gasteiger charge is -2.63. The van der Waals surface area contributed by atoms with Crippen LogP contribution in [0.2, 0.25) is 0 Å². The van der Waals surface area contributed by atoms with Crippen LogP contribution in [0.15, 0.2) is 0 Å². The monoisotopic (exact) mass is 249 g/mol. The maximum Gasteiger partial charge on any atom is 0.0483 e. The molecule has 2 heteroatoms. The van der Waals surface area contributed by atoms with Gasteiger partial charge in [0.05, 0.1) is 0 Å². The van der Waals surface area contributed by atoms with Crippen molar-refractivity contribution < 1.29 is 5.11 Å². The maximum absolute atomic E-state index is 9.15. The molecule has 1 heterocycles. The van der Waals surface area contributed by atoms with Gasteiger partial charge in [0, 0.05) is 32.2 Å². The second-order valence-corrected chi connectivity index (χ2v) is 8.51. The van der Waals surface area contributed by atoms with Gasteiger partial charge in [-0.3, -0.25) is 0 Å². The molecule has 2 nitrogen and oxygen atoms in total. The average molecular weight is 249 g/mol. The highest BCUT2D eigenvalue weighted by molar-refractivity contribution is 5.07. The van der Waals surface area contributed by atoms with Crippen LogP contribution in [-0.4, -0.2) is 36.2 Å². The van der Waals surface area contributed by atoms with E-state index >= 15 is 0 Å². The molecule has 0 spiro atoms. The predicted octanol–water partition coefficient (Wildman–Crippen LogP) is 2.52. The summed E-state index contributed by atoms with van der Waals surface area (Å²) < 4.78 is 0. The van der Waals surface area contributed by atoms with Gasteiger partial charge in [0.2, 0.25) is 0 Å². The van der Waals surface area contributed by atoms with Crippen LogP contribution in [0.25, 0.3) is 0 Å². The smallest absolute Gasteiger partial charge is 0.0483 e. The topological polar surface area (TPSA) is 23.5 Å². The predicted molar refractivity (Wildman–Crippen MR) is 72.2 cm³/mol. The van der Waals surface area contributed by atoms with E-state index in [-0.39, 0.29) is 0 Å². The molecule has 4 aliphatic carbocycles. The Kier molecular flexibility index (Phi) is 2.43. The van der Waals surface area contributed by atoms with Gasteiger partial charge in [-0.1, -0.05) is 6.92 Å². The van der Waals surface area contributed by atoms with Crippen molar-refractivity contribution in [1.82, 2.24) is 4.90 Å². The van der Waals surface area contributed by atoms with Crippen LogP contribution in [0.3, 0.4) is 0 Å². The van der Waals surface area contributed by atoms with Crippen LogP contribution in [0.1, 0.15) is 45.4 Å². The highest BCUT2D eigenvalue weighted by Gasteiger charge is 2.56. The molecule has 0 aromatic carbocycles. The quantitative estimate of drug-likeness (QED) is 0.831. The van der Waals surface area contributed by atoms with Gasteiger partial charge in [-0.15, -0.1) is 0 Å². The van der Waals surface area contributed by atoms with Gasteiger partial charge in [0.15, 0.2) is 0 Å². The van der Waals surface area contributed by atoms with Crippen LogP contribution < -0.4 is 0 Å². The first-order valence-corrected chi connectivity index (χ1v) is 7.91. The van der Waals surface area contributed by atoms with Gasteiger partial charge in [0.1, 0.15) is 0 Å². The second kappa shape index (κ2) is 3.73. The molecular formula is C16H27NO. The van der Waals surface area contributed by atoms with Crippen LogP contribution in [0, 0.1) is 28.6 Å². The zero-order valence-electron chi connectivity index (χ0n) is 11.7. The summed E-state index contributed by atoms with van der Waals surface area (Å²) in [6.45, 7) is 6.61. The van der Waals surface area contributed by atoms with Gasteiger partial charge >= 0.3 is 0 Å². The Morgan fingerprint density at radius 2 is 1.78 bits per heavy atom. The summed E-state index contributed by atoms with van der Waals surface area (Å²) >= 11 is 0. The Balaban J connectivity index is 1.47. The molecule has 5 fully saturated rings. The first-order valence-electron chi connectivity index (χ1n) is 7.91. The molecule has 0 radical (unpaired) electrons. The lowest BCUT2D eigenvalue weighted by molar-refractivity contribution is -0.124. The summed E-state index contributed by atoms with van der Waals surface area (Å²) in [6.07, 6.45) is 9.09. The molecule has 102 valence electrons. The molecule has 2 unspecified atom stereocenters. The minimum atomic E-state index is 0.395. The van der Waals surface area contributed by atoms with E-state index in [0.717, 1.165) is 24.9 Å². The normalized spacial score (nSPS) is 51.7. The van der Waals surface area contributed by atoms with Crippen molar-refractivity contribution in [2.75, 3.05) is 26.2 Å². The molecule has 5 aliphatic rings. The highest BCUT2D eigenvalue weighted by atomic mass is 16.3. The fourth-order valence-electron chi connectivity index (χ4n) is 6.51. The van der Waals surface area contributed by atoms with Gasteiger partial charge in [-0.05, 0) is 61.2 Å². The third kappa shape index (κ3) is 1.76. The van der Waals surface area contributed by atoms with E-state index in [1.54, 1.807) is 0 Å². The molecule has 1 saturated heterocycles. The number of nitrogens with zero attached hydrogens (tertiary/aromatic N) is 1. The average Bonchev–Trinajstić information content (AvgIpc) is 2.19. The first-order chi connectivity index (χ1) is 8.58. The molecule has 5 rings (SSSR count). The molecule has 0 amide bonds. The van der Waals surface area contributed by atoms with E-state index in [0.29, 0.717) is 23.4 Å². The molecule has 4 saturated carbocycles. The summed E-state index contributed by atoms with van der Waals surface area (Å²) in [6, 6.07) is 0. The van der Waals surface area contributed by atoms with Crippen molar-refractivity contribution in [3.05, 3.63) is 0 Å². The largest absolute Gasteiger partial charge is 0.396 e. The standard InChI is InChI=1S/C16H27NO/c1-15-3-12-2-13(4-15)6-16(5-12,10-15)11-17-7-14(8-17)9-18/h12-14,18H,2-11H2,1H3. The van der Waals surface area contributed by atoms with E-state index in [2.05, 4.69) is 11.8 Å². The summed E-state index contributed by atoms with van der Waals surface area (Å²) in [5.74, 6) is 2.67. The molecular weight excluding hydrogens is 222 g/mol. The lowest BCUT2D eigenvalue weighted by atomic mass is 9.44. The summed E-state index contributed by atoms with van der Waals surface area (Å²) in [5.41, 5.74) is 1.35. The van der Waals surface area contributed by atoms with Crippen molar-refractivity contribution in [1.29, 1.82) is 0 Å². The van der Waals surface area contributed by atoms with E-state index in [4.69, 9.17) is 5.11 Å². The van der Waals surface area contributed by atoms with Crippen molar-refractivity contribution in [3.63, 3.8) is 0 Å². The molecule has 18 heavy (non-hydrogen) atoms. The van der Waals surface area contributed by atoms with Crippen molar-refractivity contribution in [3.8, 4) is 0 Å². The van der Waals surface area contributed by atoms with Crippen LogP contribution >= 0.6 is 0 Å². The molecule has 4 bridgehead atoms. The van der Waals surface area contributed by atoms with E-state index < -0.39 is 0 Å². The Bertz CT molecular complexity index is 333. The van der Waals surface area contributed by atoms with Crippen molar-refractivity contribution in [2.45, 2.75) is 45.4 Å². The molecule has 0 aromatic heterocycles. The van der Waals surface area contributed by atoms with Gasteiger partial charge in [0.25, 0.3) is 0 Å². The maximum atomic E-state index is 9.15. The van der Waals surface area contributed by atoms with E-state index in [1.807, 2.05) is 0 Å². The number of aliphatic hydroxyl groups is 1. The Morgan fingerprint density at radius 3 is 2.33 bits per heavy atom. The minimum Gasteiger partial charge on any atom is -0.396 e. The minimum absolute atomic E-state index is 0.395. The molecule has 2 atom stereocenters. The lowest BCUT2D eigenvalue weighted by Crippen LogP contribution is -2.58. The summed E-state index contributed by atoms with van der Waals surface area (Å²) in [7, 11) is 0. The number of rotatable bonds is 3. The van der Waals surface area contributed by atoms with Crippen molar-refractivity contribution >= 4 is 0 Å². The third-order valence-electron chi connectivity index (χ3n) is 6.32. The summed E-state index contributed by atoms with van der Waals surface area (Å²) in [5, 5.41) is 9.15. The third-order valence-corrected chi connectivity index (χ3v) is 6.32. The molecule has 1 aliphatic heterocycles. The zero-order valence-corrected chi connectivity index (χ0v) is 11.7. The zero-order chi connectivity index (χ0) is 12.4. The van der Waals surface area contributed by atoms with E-state index in [9.17, 15) is 0 Å². The fraction of sp³-hybridized carbons (Fsp3) is 1.00. The first kappa shape index (κ1) is 11.7. The number of hydrogen-bond donors (Lipinski definition) is 1.